The Morgan fingerprint density at radius 1 is 1.25 bits per heavy atom. The second-order valence-corrected chi connectivity index (χ2v) is 9.72. The SMILES string of the molecule is CC(=O)O[C@H]1C(=O)[C@@H]2C(C)(C)CCC[C@]2(C)[C@@](O)(CCc2ccoc2)[C@@]1(C)O. The van der Waals surface area contributed by atoms with Gasteiger partial charge >= 0.3 is 5.97 Å². The molecule has 1 aromatic heterocycles. The Kier molecular flexibility index (Phi) is 5.04. The number of furan rings is 1. The van der Waals surface area contributed by atoms with Crippen LogP contribution in [0.15, 0.2) is 23.0 Å². The van der Waals surface area contributed by atoms with Gasteiger partial charge in [0.2, 0.25) is 0 Å². The molecule has 1 aromatic rings. The summed E-state index contributed by atoms with van der Waals surface area (Å²) < 4.78 is 10.4. The van der Waals surface area contributed by atoms with E-state index in [4.69, 9.17) is 9.15 Å². The Morgan fingerprint density at radius 2 is 1.93 bits per heavy atom. The Balaban J connectivity index is 2.11. The monoisotopic (exact) mass is 392 g/mol. The largest absolute Gasteiger partial charge is 0.472 e. The molecule has 0 radical (unpaired) electrons. The summed E-state index contributed by atoms with van der Waals surface area (Å²) in [5.74, 6) is -1.46. The molecule has 5 atom stereocenters. The van der Waals surface area contributed by atoms with Crippen LogP contribution in [0.2, 0.25) is 0 Å². The number of esters is 1. The molecule has 0 saturated heterocycles. The van der Waals surface area contributed by atoms with E-state index in [0.717, 1.165) is 18.4 Å². The molecule has 3 rings (SSSR count). The van der Waals surface area contributed by atoms with Gasteiger partial charge in [-0.3, -0.25) is 9.59 Å². The molecule has 0 unspecified atom stereocenters. The lowest BCUT2D eigenvalue weighted by Gasteiger charge is -2.65. The fraction of sp³-hybridized carbons (Fsp3) is 0.727. The highest BCUT2D eigenvalue weighted by Crippen LogP contribution is 2.63. The van der Waals surface area contributed by atoms with Gasteiger partial charge in [0.15, 0.2) is 11.9 Å². The highest BCUT2D eigenvalue weighted by Gasteiger charge is 2.73. The molecule has 2 saturated carbocycles. The molecule has 0 bridgehead atoms. The third-order valence-electron chi connectivity index (χ3n) is 7.41. The first-order valence-electron chi connectivity index (χ1n) is 10.0. The van der Waals surface area contributed by atoms with Crippen LogP contribution >= 0.6 is 0 Å². The van der Waals surface area contributed by atoms with Gasteiger partial charge in [-0.2, -0.15) is 0 Å². The van der Waals surface area contributed by atoms with Crippen LogP contribution in [0.25, 0.3) is 0 Å². The van der Waals surface area contributed by atoms with Gasteiger partial charge < -0.3 is 19.4 Å². The predicted octanol–water partition coefficient (Wildman–Crippen LogP) is 3.04. The zero-order valence-corrected chi connectivity index (χ0v) is 17.4. The van der Waals surface area contributed by atoms with Crippen molar-refractivity contribution in [3.05, 3.63) is 24.2 Å². The Labute approximate surface area is 166 Å². The quantitative estimate of drug-likeness (QED) is 0.765. The van der Waals surface area contributed by atoms with Crippen LogP contribution in [0, 0.1) is 16.7 Å². The maximum absolute atomic E-state index is 13.5. The van der Waals surface area contributed by atoms with Gasteiger partial charge in [0.25, 0.3) is 0 Å². The van der Waals surface area contributed by atoms with E-state index in [1.165, 1.54) is 13.8 Å². The molecule has 1 heterocycles. The van der Waals surface area contributed by atoms with E-state index < -0.39 is 34.6 Å². The second-order valence-electron chi connectivity index (χ2n) is 9.72. The number of aliphatic hydroxyl groups is 2. The highest BCUT2D eigenvalue weighted by molar-refractivity contribution is 5.91. The van der Waals surface area contributed by atoms with Crippen LogP contribution in [0.3, 0.4) is 0 Å². The highest BCUT2D eigenvalue weighted by atomic mass is 16.6. The lowest BCUT2D eigenvalue weighted by Crippen LogP contribution is -2.78. The van der Waals surface area contributed by atoms with Gasteiger partial charge in [0.1, 0.15) is 11.2 Å². The van der Waals surface area contributed by atoms with E-state index in [9.17, 15) is 19.8 Å². The van der Waals surface area contributed by atoms with Crippen LogP contribution in [-0.2, 0) is 20.7 Å². The summed E-state index contributed by atoms with van der Waals surface area (Å²) in [4.78, 5) is 25.2. The lowest BCUT2D eigenvalue weighted by atomic mass is 9.42. The number of ketones is 1. The molecular weight excluding hydrogens is 360 g/mol. The molecule has 0 aromatic carbocycles. The van der Waals surface area contributed by atoms with Crippen molar-refractivity contribution < 1.29 is 29.0 Å². The summed E-state index contributed by atoms with van der Waals surface area (Å²) in [5.41, 5.74) is -3.83. The molecule has 2 aliphatic carbocycles. The molecule has 0 spiro atoms. The maximum Gasteiger partial charge on any atom is 0.303 e. The van der Waals surface area contributed by atoms with Crippen molar-refractivity contribution in [2.24, 2.45) is 16.7 Å². The van der Waals surface area contributed by atoms with Crippen molar-refractivity contribution in [3.63, 3.8) is 0 Å². The first-order chi connectivity index (χ1) is 12.9. The van der Waals surface area contributed by atoms with Crippen molar-refractivity contribution in [1.29, 1.82) is 0 Å². The number of carbonyl (C=O) groups excluding carboxylic acids is 2. The van der Waals surface area contributed by atoms with Crippen molar-refractivity contribution >= 4 is 11.8 Å². The van der Waals surface area contributed by atoms with E-state index in [2.05, 4.69) is 0 Å². The van der Waals surface area contributed by atoms with E-state index in [1.807, 2.05) is 26.8 Å². The zero-order chi connectivity index (χ0) is 21.0. The number of hydrogen-bond acceptors (Lipinski definition) is 6. The lowest BCUT2D eigenvalue weighted by molar-refractivity contribution is -0.289. The number of ether oxygens (including phenoxy) is 1. The molecule has 2 fully saturated rings. The first kappa shape index (κ1) is 21.1. The van der Waals surface area contributed by atoms with Gasteiger partial charge in [0, 0.05) is 18.3 Å². The number of carbonyl (C=O) groups is 2. The van der Waals surface area contributed by atoms with Gasteiger partial charge in [-0.25, -0.2) is 0 Å². The van der Waals surface area contributed by atoms with Gasteiger partial charge in [-0.05, 0) is 49.7 Å². The van der Waals surface area contributed by atoms with Crippen LogP contribution in [-0.4, -0.2) is 39.3 Å². The molecule has 6 heteroatoms. The Hall–Kier alpha value is -1.66. The minimum Gasteiger partial charge on any atom is -0.472 e. The fourth-order valence-corrected chi connectivity index (χ4v) is 6.07. The topological polar surface area (TPSA) is 97.0 Å². The molecule has 156 valence electrons. The summed E-state index contributed by atoms with van der Waals surface area (Å²) in [5, 5.41) is 23.6. The number of fused-ring (bicyclic) bond motifs is 1. The number of hydrogen-bond donors (Lipinski definition) is 2. The van der Waals surface area contributed by atoms with Crippen LogP contribution in [0.5, 0.6) is 0 Å². The molecule has 6 nitrogen and oxygen atoms in total. The third-order valence-corrected chi connectivity index (χ3v) is 7.41. The van der Waals surface area contributed by atoms with E-state index >= 15 is 0 Å². The summed E-state index contributed by atoms with van der Waals surface area (Å²) in [6.45, 7) is 8.59. The third kappa shape index (κ3) is 2.92. The number of aryl methyl sites for hydroxylation is 1. The minimum atomic E-state index is -1.90. The molecule has 0 aliphatic heterocycles. The normalized spacial score (nSPS) is 40.0. The zero-order valence-electron chi connectivity index (χ0n) is 17.4. The number of Topliss-reactive ketones (excluding diaryl/α,β-unsaturated/α-hetero) is 1. The summed E-state index contributed by atoms with van der Waals surface area (Å²) in [7, 11) is 0. The van der Waals surface area contributed by atoms with E-state index in [1.54, 1.807) is 12.5 Å². The molecule has 2 aliphatic rings. The number of rotatable bonds is 4. The van der Waals surface area contributed by atoms with Crippen LogP contribution < -0.4 is 0 Å². The fourth-order valence-electron chi connectivity index (χ4n) is 6.07. The summed E-state index contributed by atoms with van der Waals surface area (Å²) in [6, 6.07) is 1.82. The molecule has 2 N–H and O–H groups in total. The van der Waals surface area contributed by atoms with Crippen molar-refractivity contribution in [2.75, 3.05) is 0 Å². The maximum atomic E-state index is 13.5. The predicted molar refractivity (Wildman–Crippen MR) is 102 cm³/mol. The van der Waals surface area contributed by atoms with Crippen molar-refractivity contribution in [3.8, 4) is 0 Å². The van der Waals surface area contributed by atoms with Gasteiger partial charge in [-0.1, -0.05) is 27.2 Å². The smallest absolute Gasteiger partial charge is 0.303 e. The molecule has 0 amide bonds. The molecular formula is C22H32O6. The average molecular weight is 392 g/mol. The van der Waals surface area contributed by atoms with Crippen molar-refractivity contribution in [2.45, 2.75) is 84.0 Å². The van der Waals surface area contributed by atoms with Gasteiger partial charge in [0.05, 0.1) is 12.5 Å². The van der Waals surface area contributed by atoms with E-state index in [-0.39, 0.29) is 17.6 Å². The minimum absolute atomic E-state index is 0.230. The average Bonchev–Trinajstić information content (AvgIpc) is 3.08. The summed E-state index contributed by atoms with van der Waals surface area (Å²) >= 11 is 0. The Bertz CT molecular complexity index is 749. The Morgan fingerprint density at radius 3 is 2.50 bits per heavy atom. The molecule has 28 heavy (non-hydrogen) atoms. The second kappa shape index (κ2) is 6.70. The summed E-state index contributed by atoms with van der Waals surface area (Å²) in [6.07, 6.45) is 4.81. The van der Waals surface area contributed by atoms with Crippen molar-refractivity contribution in [1.82, 2.24) is 0 Å². The van der Waals surface area contributed by atoms with Crippen LogP contribution in [0.1, 0.15) is 65.9 Å². The van der Waals surface area contributed by atoms with E-state index in [0.29, 0.717) is 12.8 Å². The van der Waals surface area contributed by atoms with Crippen LogP contribution in [0.4, 0.5) is 0 Å². The van der Waals surface area contributed by atoms with Gasteiger partial charge in [-0.15, -0.1) is 0 Å². The standard InChI is InChI=1S/C22H32O6/c1-14(23)28-18-16(24)17-19(2,3)9-6-10-20(17,4)22(26,21(18,5)25)11-7-15-8-12-27-13-15/h8,12-13,17-18,25-26H,6-7,9-11H2,1-5H3/t17-,18+,20+,21+,22+/m1/s1. The first-order valence-corrected chi connectivity index (χ1v) is 10.0.